The summed E-state index contributed by atoms with van der Waals surface area (Å²) in [6.07, 6.45) is 5.32. The molecule has 0 bridgehead atoms. The van der Waals surface area contributed by atoms with Gasteiger partial charge in [0.05, 0.1) is 6.61 Å². The van der Waals surface area contributed by atoms with E-state index >= 15 is 0 Å². The molecule has 212 valence electrons. The van der Waals surface area contributed by atoms with E-state index in [2.05, 4.69) is 47.6 Å². The number of anilines is 1. The maximum atomic E-state index is 12.5. The Morgan fingerprint density at radius 2 is 1.57 bits per heavy atom. The van der Waals surface area contributed by atoms with Crippen LogP contribution in [0.3, 0.4) is 0 Å². The summed E-state index contributed by atoms with van der Waals surface area (Å²) in [6.45, 7) is 8.82. The summed E-state index contributed by atoms with van der Waals surface area (Å²) in [6, 6.07) is 20.4. The van der Waals surface area contributed by atoms with Crippen molar-refractivity contribution in [2.75, 3.05) is 38.1 Å². The Labute approximate surface area is 243 Å². The molecule has 1 saturated heterocycles. The molecule has 0 spiro atoms. The van der Waals surface area contributed by atoms with Crippen LogP contribution in [-0.2, 0) is 6.42 Å². The van der Waals surface area contributed by atoms with Gasteiger partial charge in [0, 0.05) is 28.4 Å². The fraction of sp³-hybridized carbons (Fsp3) is 0.394. The van der Waals surface area contributed by atoms with Crippen LogP contribution >= 0.6 is 11.6 Å². The quantitative estimate of drug-likeness (QED) is 0.235. The number of benzene rings is 3. The van der Waals surface area contributed by atoms with Crippen molar-refractivity contribution >= 4 is 29.1 Å². The van der Waals surface area contributed by atoms with Crippen LogP contribution in [0.1, 0.15) is 77.3 Å². The van der Waals surface area contributed by atoms with E-state index in [1.54, 1.807) is 48.5 Å². The van der Waals surface area contributed by atoms with Crippen molar-refractivity contribution < 1.29 is 14.3 Å². The average molecular weight is 562 g/mol. The van der Waals surface area contributed by atoms with Crippen molar-refractivity contribution in [2.24, 2.45) is 0 Å². The molecule has 2 N–H and O–H groups in total. The lowest BCUT2D eigenvalue weighted by molar-refractivity contribution is 0.0951. The van der Waals surface area contributed by atoms with E-state index in [0.29, 0.717) is 40.9 Å². The van der Waals surface area contributed by atoms with E-state index in [1.165, 1.54) is 11.1 Å². The number of carbonyl (C=O) groups excluding carboxylic acids is 2. The first-order valence-electron chi connectivity index (χ1n) is 14.4. The molecule has 0 aromatic heterocycles. The predicted octanol–water partition coefficient (Wildman–Crippen LogP) is 6.94. The lowest BCUT2D eigenvalue weighted by atomic mass is 9.88. The van der Waals surface area contributed by atoms with Crippen molar-refractivity contribution in [1.29, 1.82) is 0 Å². The van der Waals surface area contributed by atoms with E-state index in [1.807, 2.05) is 0 Å². The zero-order valence-corrected chi connectivity index (χ0v) is 24.3. The SMILES string of the molecule is CCOc1cc(CC)ccc1C1CCN(CCCCNC(=O)c2ccc(NC(=O)c3ccc(Cl)cc3)cc2)CC1. The Balaban J connectivity index is 1.14. The number of halogens is 1. The van der Waals surface area contributed by atoms with Gasteiger partial charge in [0.15, 0.2) is 0 Å². The van der Waals surface area contributed by atoms with Gasteiger partial charge in [-0.2, -0.15) is 0 Å². The average Bonchev–Trinajstić information content (AvgIpc) is 2.98. The van der Waals surface area contributed by atoms with Crippen LogP contribution in [0.15, 0.2) is 66.7 Å². The summed E-state index contributed by atoms with van der Waals surface area (Å²) in [5, 5.41) is 6.43. The van der Waals surface area contributed by atoms with Crippen LogP contribution in [0.5, 0.6) is 5.75 Å². The van der Waals surface area contributed by atoms with Crippen molar-refractivity contribution in [3.8, 4) is 5.75 Å². The molecular formula is C33H40ClN3O3. The minimum Gasteiger partial charge on any atom is -0.494 e. The zero-order valence-electron chi connectivity index (χ0n) is 23.5. The van der Waals surface area contributed by atoms with E-state index in [9.17, 15) is 9.59 Å². The fourth-order valence-corrected chi connectivity index (χ4v) is 5.28. The summed E-state index contributed by atoms with van der Waals surface area (Å²) >= 11 is 5.88. The van der Waals surface area contributed by atoms with Crippen molar-refractivity contribution in [3.05, 3.63) is 94.0 Å². The molecule has 3 aromatic rings. The van der Waals surface area contributed by atoms with Crippen LogP contribution in [-0.4, -0.2) is 49.5 Å². The second kappa shape index (κ2) is 14.9. The Kier molecular flexibility index (Phi) is 11.0. The number of rotatable bonds is 12. The van der Waals surface area contributed by atoms with Crippen LogP contribution in [0.2, 0.25) is 5.02 Å². The molecule has 40 heavy (non-hydrogen) atoms. The first kappa shape index (κ1) is 29.6. The molecule has 1 aliphatic heterocycles. The smallest absolute Gasteiger partial charge is 0.255 e. The highest BCUT2D eigenvalue weighted by atomic mass is 35.5. The lowest BCUT2D eigenvalue weighted by Crippen LogP contribution is -2.34. The summed E-state index contributed by atoms with van der Waals surface area (Å²) in [5.41, 5.74) is 4.41. The Morgan fingerprint density at radius 1 is 0.900 bits per heavy atom. The zero-order chi connectivity index (χ0) is 28.3. The van der Waals surface area contributed by atoms with Crippen LogP contribution in [0.25, 0.3) is 0 Å². The molecular weight excluding hydrogens is 522 g/mol. The van der Waals surface area contributed by atoms with Gasteiger partial charge >= 0.3 is 0 Å². The van der Waals surface area contributed by atoms with Gasteiger partial charge in [-0.1, -0.05) is 30.7 Å². The highest BCUT2D eigenvalue weighted by Gasteiger charge is 2.23. The molecule has 0 atom stereocenters. The number of hydrogen-bond acceptors (Lipinski definition) is 4. The van der Waals surface area contributed by atoms with Crippen molar-refractivity contribution in [2.45, 2.75) is 51.9 Å². The predicted molar refractivity (Wildman–Crippen MR) is 163 cm³/mol. The number of amides is 2. The molecule has 4 rings (SSSR count). The maximum absolute atomic E-state index is 12.5. The van der Waals surface area contributed by atoms with Crippen LogP contribution in [0.4, 0.5) is 5.69 Å². The van der Waals surface area contributed by atoms with Gasteiger partial charge in [-0.3, -0.25) is 9.59 Å². The Hall–Kier alpha value is -3.35. The second-order valence-corrected chi connectivity index (χ2v) is 10.7. The van der Waals surface area contributed by atoms with Gasteiger partial charge in [0.2, 0.25) is 0 Å². The molecule has 0 unspecified atom stereocenters. The summed E-state index contributed by atoms with van der Waals surface area (Å²) in [5.74, 6) is 1.29. The third kappa shape index (κ3) is 8.33. The monoisotopic (exact) mass is 561 g/mol. The number of likely N-dealkylation sites (tertiary alicyclic amines) is 1. The van der Waals surface area contributed by atoms with Crippen LogP contribution < -0.4 is 15.4 Å². The topological polar surface area (TPSA) is 70.7 Å². The molecule has 1 heterocycles. The number of carbonyl (C=O) groups is 2. The summed E-state index contributed by atoms with van der Waals surface area (Å²) in [4.78, 5) is 27.4. The minimum atomic E-state index is -0.223. The molecule has 1 fully saturated rings. The van der Waals surface area contributed by atoms with E-state index in [-0.39, 0.29) is 11.8 Å². The molecule has 0 aliphatic carbocycles. The third-order valence-electron chi connectivity index (χ3n) is 7.51. The lowest BCUT2D eigenvalue weighted by Gasteiger charge is -2.33. The molecule has 0 saturated carbocycles. The number of nitrogens with zero attached hydrogens (tertiary/aromatic N) is 1. The Bertz CT molecular complexity index is 1250. The molecule has 1 aliphatic rings. The number of aryl methyl sites for hydroxylation is 1. The highest BCUT2D eigenvalue weighted by molar-refractivity contribution is 6.30. The molecule has 7 heteroatoms. The number of hydrogen-bond donors (Lipinski definition) is 2. The highest BCUT2D eigenvalue weighted by Crippen LogP contribution is 2.35. The van der Waals surface area contributed by atoms with E-state index in [0.717, 1.165) is 57.5 Å². The van der Waals surface area contributed by atoms with Gasteiger partial charge < -0.3 is 20.3 Å². The largest absolute Gasteiger partial charge is 0.494 e. The molecule has 2 amide bonds. The third-order valence-corrected chi connectivity index (χ3v) is 7.76. The first-order chi connectivity index (χ1) is 19.5. The Morgan fingerprint density at radius 3 is 2.25 bits per heavy atom. The summed E-state index contributed by atoms with van der Waals surface area (Å²) in [7, 11) is 0. The number of piperidine rings is 1. The van der Waals surface area contributed by atoms with Gasteiger partial charge in [-0.25, -0.2) is 0 Å². The van der Waals surface area contributed by atoms with Gasteiger partial charge in [-0.05, 0) is 130 Å². The van der Waals surface area contributed by atoms with E-state index in [4.69, 9.17) is 16.3 Å². The summed E-state index contributed by atoms with van der Waals surface area (Å²) < 4.78 is 5.98. The molecule has 0 radical (unpaired) electrons. The minimum absolute atomic E-state index is 0.101. The number of ether oxygens (including phenoxy) is 1. The second-order valence-electron chi connectivity index (χ2n) is 10.3. The van der Waals surface area contributed by atoms with Crippen molar-refractivity contribution in [1.82, 2.24) is 10.2 Å². The van der Waals surface area contributed by atoms with Crippen molar-refractivity contribution in [3.63, 3.8) is 0 Å². The standard InChI is InChI=1S/C33H40ClN3O3/c1-3-24-7-16-30(31(23-24)40-4-2)25-17-21-37(22-18-25)20-6-5-19-35-32(38)26-10-14-29(15-11-26)36-33(39)27-8-12-28(34)13-9-27/h7-16,23,25H,3-6,17-22H2,1-2H3,(H,35,38)(H,36,39). The number of unbranched alkanes of at least 4 members (excludes halogenated alkanes) is 1. The van der Waals surface area contributed by atoms with Gasteiger partial charge in [0.25, 0.3) is 11.8 Å². The first-order valence-corrected chi connectivity index (χ1v) is 14.8. The molecule has 3 aromatic carbocycles. The van der Waals surface area contributed by atoms with E-state index < -0.39 is 0 Å². The van der Waals surface area contributed by atoms with Crippen LogP contribution in [0, 0.1) is 0 Å². The normalized spacial score (nSPS) is 14.1. The number of nitrogens with one attached hydrogen (secondary N) is 2. The molecule has 6 nitrogen and oxygen atoms in total. The maximum Gasteiger partial charge on any atom is 0.255 e. The van der Waals surface area contributed by atoms with Gasteiger partial charge in [-0.15, -0.1) is 0 Å². The van der Waals surface area contributed by atoms with Gasteiger partial charge in [0.1, 0.15) is 5.75 Å². The fourth-order valence-electron chi connectivity index (χ4n) is 5.16.